The Morgan fingerprint density at radius 3 is 2.62 bits per heavy atom. The third-order valence-corrected chi connectivity index (χ3v) is 2.94. The number of hydrogen-bond donors (Lipinski definition) is 1. The van der Waals surface area contributed by atoms with Crippen LogP contribution in [0.5, 0.6) is 0 Å². The summed E-state index contributed by atoms with van der Waals surface area (Å²) in [6.45, 7) is -0.683. The van der Waals surface area contributed by atoms with Gasteiger partial charge in [-0.15, -0.1) is 0 Å². The predicted octanol–water partition coefficient (Wildman–Crippen LogP) is 0.358. The average molecular weight is 254 g/mol. The molecule has 0 atom stereocenters. The van der Waals surface area contributed by atoms with E-state index in [9.17, 15) is 17.2 Å². The van der Waals surface area contributed by atoms with E-state index in [4.69, 9.17) is 5.11 Å². The summed E-state index contributed by atoms with van der Waals surface area (Å²) in [6, 6.07) is 0. The van der Waals surface area contributed by atoms with Gasteiger partial charge in [0.15, 0.2) is 0 Å². The molecule has 0 fully saturated rings. The maximum absolute atomic E-state index is 12.6. The van der Waals surface area contributed by atoms with Gasteiger partial charge in [-0.1, -0.05) is 0 Å². The Balaban J connectivity index is 2.92. The molecule has 0 aliphatic carbocycles. The van der Waals surface area contributed by atoms with Crippen LogP contribution >= 0.6 is 0 Å². The summed E-state index contributed by atoms with van der Waals surface area (Å²) in [5, 5.41) is 12.4. The zero-order valence-electron chi connectivity index (χ0n) is 8.60. The summed E-state index contributed by atoms with van der Waals surface area (Å²) in [5.41, 5.74) is -0.408. The summed E-state index contributed by atoms with van der Waals surface area (Å²) in [7, 11) is -3.23. The first-order chi connectivity index (χ1) is 7.35. The second-order valence-electron chi connectivity index (χ2n) is 3.37. The van der Waals surface area contributed by atoms with Gasteiger partial charge in [0.05, 0.1) is 25.1 Å². The summed E-state index contributed by atoms with van der Waals surface area (Å²) in [5.74, 6) is -0.265. The van der Waals surface area contributed by atoms with E-state index in [-0.39, 0.29) is 17.9 Å². The second kappa shape index (κ2) is 4.88. The first kappa shape index (κ1) is 13.0. The van der Waals surface area contributed by atoms with Crippen molar-refractivity contribution in [1.29, 1.82) is 0 Å². The van der Waals surface area contributed by atoms with Crippen LogP contribution in [0.3, 0.4) is 0 Å². The van der Waals surface area contributed by atoms with Gasteiger partial charge < -0.3 is 5.11 Å². The number of aliphatic hydroxyl groups excluding tert-OH is 1. The molecule has 0 bridgehead atoms. The largest absolute Gasteiger partial charge is 0.392 e. The number of rotatable bonds is 5. The average Bonchev–Trinajstić information content (AvgIpc) is 2.56. The van der Waals surface area contributed by atoms with Gasteiger partial charge in [-0.3, -0.25) is 4.68 Å². The summed E-state index contributed by atoms with van der Waals surface area (Å²) in [4.78, 5) is 0. The number of alkyl halides is 2. The fourth-order valence-electron chi connectivity index (χ4n) is 1.24. The number of halogens is 2. The zero-order chi connectivity index (χ0) is 12.3. The van der Waals surface area contributed by atoms with Crippen LogP contribution in [0.15, 0.2) is 6.20 Å². The smallest absolute Gasteiger partial charge is 0.280 e. The third-order valence-electron chi connectivity index (χ3n) is 2.01. The van der Waals surface area contributed by atoms with Gasteiger partial charge in [0.25, 0.3) is 6.43 Å². The lowest BCUT2D eigenvalue weighted by Crippen LogP contribution is -2.15. The molecule has 8 heteroatoms. The first-order valence-corrected chi connectivity index (χ1v) is 6.52. The standard InChI is InChI=1S/C8H12F2N2O3S/c1-16(14,15)3-2-12-7(8(9)10)6(5-13)4-11-12/h4,8,13H,2-3,5H2,1H3. The predicted molar refractivity (Wildman–Crippen MR) is 52.8 cm³/mol. The normalized spacial score (nSPS) is 12.3. The minimum Gasteiger partial charge on any atom is -0.392 e. The molecular weight excluding hydrogens is 242 g/mol. The Labute approximate surface area is 91.6 Å². The number of sulfone groups is 1. The van der Waals surface area contributed by atoms with Gasteiger partial charge in [-0.2, -0.15) is 5.10 Å². The Hall–Kier alpha value is -1.02. The highest BCUT2D eigenvalue weighted by Gasteiger charge is 2.19. The SMILES string of the molecule is CS(=O)(=O)CCn1ncc(CO)c1C(F)F. The molecule has 5 nitrogen and oxygen atoms in total. The highest BCUT2D eigenvalue weighted by molar-refractivity contribution is 7.90. The van der Waals surface area contributed by atoms with E-state index in [2.05, 4.69) is 5.10 Å². The molecule has 0 spiro atoms. The van der Waals surface area contributed by atoms with Crippen molar-refractivity contribution in [1.82, 2.24) is 9.78 Å². The molecule has 16 heavy (non-hydrogen) atoms. The van der Waals surface area contributed by atoms with Gasteiger partial charge in [0.2, 0.25) is 0 Å². The van der Waals surface area contributed by atoms with Crippen molar-refractivity contribution in [3.8, 4) is 0 Å². The maximum Gasteiger partial charge on any atom is 0.280 e. The molecule has 0 aromatic carbocycles. The van der Waals surface area contributed by atoms with E-state index in [0.29, 0.717) is 0 Å². The zero-order valence-corrected chi connectivity index (χ0v) is 9.41. The van der Waals surface area contributed by atoms with Crippen LogP contribution in [0.1, 0.15) is 17.7 Å². The Kier molecular flexibility index (Phi) is 3.98. The van der Waals surface area contributed by atoms with Crippen molar-refractivity contribution in [2.45, 2.75) is 19.6 Å². The monoisotopic (exact) mass is 254 g/mol. The number of hydrogen-bond acceptors (Lipinski definition) is 4. The molecule has 0 aliphatic rings. The third kappa shape index (κ3) is 3.24. The molecule has 1 N–H and O–H groups in total. The van der Waals surface area contributed by atoms with E-state index in [1.165, 1.54) is 0 Å². The Bertz CT molecular complexity index is 456. The van der Waals surface area contributed by atoms with Gasteiger partial charge in [-0.25, -0.2) is 17.2 Å². The van der Waals surface area contributed by atoms with Crippen LogP contribution in [0.4, 0.5) is 8.78 Å². The Morgan fingerprint density at radius 1 is 1.56 bits per heavy atom. The van der Waals surface area contributed by atoms with Crippen molar-refractivity contribution < 1.29 is 22.3 Å². The van der Waals surface area contributed by atoms with E-state index < -0.39 is 28.6 Å². The van der Waals surface area contributed by atoms with E-state index >= 15 is 0 Å². The van der Waals surface area contributed by atoms with Crippen molar-refractivity contribution in [2.75, 3.05) is 12.0 Å². The van der Waals surface area contributed by atoms with Crippen LogP contribution in [-0.4, -0.2) is 35.3 Å². The lowest BCUT2D eigenvalue weighted by molar-refractivity contribution is 0.135. The minimum absolute atomic E-state index is 0.0171. The van der Waals surface area contributed by atoms with Gasteiger partial charge >= 0.3 is 0 Å². The first-order valence-electron chi connectivity index (χ1n) is 4.46. The van der Waals surface area contributed by atoms with Crippen molar-refractivity contribution in [3.63, 3.8) is 0 Å². The van der Waals surface area contributed by atoms with Crippen LogP contribution in [0, 0.1) is 0 Å². The lowest BCUT2D eigenvalue weighted by Gasteiger charge is -2.07. The van der Waals surface area contributed by atoms with Crippen molar-refractivity contribution >= 4 is 9.84 Å². The molecule has 1 aromatic rings. The fraction of sp³-hybridized carbons (Fsp3) is 0.625. The van der Waals surface area contributed by atoms with Crippen LogP contribution in [-0.2, 0) is 23.0 Å². The van der Waals surface area contributed by atoms with Gasteiger partial charge in [0, 0.05) is 11.8 Å². The molecule has 0 saturated heterocycles. The molecular formula is C8H12F2N2O3S. The molecule has 1 aromatic heterocycles. The topological polar surface area (TPSA) is 72.2 Å². The minimum atomic E-state index is -3.23. The van der Waals surface area contributed by atoms with Crippen LogP contribution in [0.25, 0.3) is 0 Å². The van der Waals surface area contributed by atoms with E-state index in [1.54, 1.807) is 0 Å². The highest BCUT2D eigenvalue weighted by atomic mass is 32.2. The molecule has 0 amide bonds. The summed E-state index contributed by atoms with van der Waals surface area (Å²) < 4.78 is 47.9. The van der Waals surface area contributed by atoms with Gasteiger partial charge in [0.1, 0.15) is 15.5 Å². The van der Waals surface area contributed by atoms with Crippen LogP contribution in [0.2, 0.25) is 0 Å². The van der Waals surface area contributed by atoms with Crippen LogP contribution < -0.4 is 0 Å². The Morgan fingerprint density at radius 2 is 2.19 bits per heavy atom. The van der Waals surface area contributed by atoms with E-state index in [1.807, 2.05) is 0 Å². The fourth-order valence-corrected chi connectivity index (χ4v) is 1.74. The highest BCUT2D eigenvalue weighted by Crippen LogP contribution is 2.22. The second-order valence-corrected chi connectivity index (χ2v) is 5.63. The number of aliphatic hydroxyl groups is 1. The molecule has 0 unspecified atom stereocenters. The van der Waals surface area contributed by atoms with Gasteiger partial charge in [-0.05, 0) is 0 Å². The van der Waals surface area contributed by atoms with E-state index in [0.717, 1.165) is 17.1 Å². The number of nitrogens with zero attached hydrogens (tertiary/aromatic N) is 2. The molecule has 92 valence electrons. The summed E-state index contributed by atoms with van der Waals surface area (Å²) in [6.07, 6.45) is -0.654. The van der Waals surface area contributed by atoms with Crippen molar-refractivity contribution in [3.05, 3.63) is 17.5 Å². The van der Waals surface area contributed by atoms with Crippen molar-refractivity contribution in [2.24, 2.45) is 0 Å². The molecule has 0 saturated carbocycles. The number of aromatic nitrogens is 2. The molecule has 0 aliphatic heterocycles. The lowest BCUT2D eigenvalue weighted by atomic mass is 10.2. The molecule has 1 heterocycles. The number of aryl methyl sites for hydroxylation is 1. The molecule has 1 rings (SSSR count). The summed E-state index contributed by atoms with van der Waals surface area (Å²) >= 11 is 0. The quantitative estimate of drug-likeness (QED) is 0.823. The maximum atomic E-state index is 12.6. The molecule has 0 radical (unpaired) electrons.